The molecule has 0 aliphatic rings. The summed E-state index contributed by atoms with van der Waals surface area (Å²) in [4.78, 5) is 25.4. The third-order valence-corrected chi connectivity index (χ3v) is 2.05. The number of nitrogens with zero attached hydrogens (tertiary/aromatic N) is 2. The fraction of sp³-hybridized carbons (Fsp3) is 0.500. The number of rotatable bonds is 7. The minimum atomic E-state index is -0.840. The number of amides is 1. The average Bonchev–Trinajstić information content (AvgIpc) is 2.74. The van der Waals surface area contributed by atoms with Gasteiger partial charge in [0.2, 0.25) is 5.91 Å². The van der Waals surface area contributed by atoms with Crippen LogP contribution in [0.1, 0.15) is 19.3 Å². The van der Waals surface area contributed by atoms with Gasteiger partial charge in [-0.05, 0) is 6.42 Å². The van der Waals surface area contributed by atoms with Crippen LogP contribution in [0, 0.1) is 0 Å². The van der Waals surface area contributed by atoms with Crippen molar-refractivity contribution in [1.29, 1.82) is 0 Å². The molecule has 16 heavy (non-hydrogen) atoms. The van der Waals surface area contributed by atoms with Crippen LogP contribution in [0.25, 0.3) is 0 Å². The number of aliphatic carboxylic acids is 1. The number of carboxylic acid groups (broad SMARTS) is 1. The van der Waals surface area contributed by atoms with E-state index in [0.717, 1.165) is 0 Å². The number of imidazole rings is 1. The predicted molar refractivity (Wildman–Crippen MR) is 56.7 cm³/mol. The van der Waals surface area contributed by atoms with Crippen molar-refractivity contribution in [3.8, 4) is 0 Å². The maximum atomic E-state index is 11.3. The second-order valence-electron chi connectivity index (χ2n) is 3.40. The van der Waals surface area contributed by atoms with Crippen LogP contribution >= 0.6 is 0 Å². The number of aromatic nitrogens is 2. The SMILES string of the molecule is O=C(O)CCCNC(=O)CCn1ccnc1. The largest absolute Gasteiger partial charge is 0.481 e. The van der Waals surface area contributed by atoms with Crippen molar-refractivity contribution in [3.63, 3.8) is 0 Å². The molecule has 6 nitrogen and oxygen atoms in total. The van der Waals surface area contributed by atoms with Gasteiger partial charge in [-0.15, -0.1) is 0 Å². The number of hydrogen-bond donors (Lipinski definition) is 2. The second kappa shape index (κ2) is 6.60. The number of hydrogen-bond acceptors (Lipinski definition) is 3. The average molecular weight is 225 g/mol. The summed E-state index contributed by atoms with van der Waals surface area (Å²) in [6.07, 6.45) is 6.03. The molecule has 0 aliphatic heterocycles. The molecule has 6 heteroatoms. The van der Waals surface area contributed by atoms with Crippen LogP contribution in [0.2, 0.25) is 0 Å². The summed E-state index contributed by atoms with van der Waals surface area (Å²) in [6.45, 7) is 1.000. The van der Waals surface area contributed by atoms with E-state index in [1.54, 1.807) is 18.7 Å². The maximum Gasteiger partial charge on any atom is 0.303 e. The van der Waals surface area contributed by atoms with Gasteiger partial charge in [0, 0.05) is 38.3 Å². The molecule has 1 aromatic heterocycles. The molecule has 0 atom stereocenters. The molecule has 1 heterocycles. The van der Waals surface area contributed by atoms with Gasteiger partial charge in [-0.25, -0.2) is 4.98 Å². The molecule has 1 rings (SSSR count). The van der Waals surface area contributed by atoms with Gasteiger partial charge in [0.15, 0.2) is 0 Å². The zero-order valence-electron chi connectivity index (χ0n) is 8.93. The Morgan fingerprint density at radius 3 is 2.81 bits per heavy atom. The molecule has 1 amide bonds. The van der Waals surface area contributed by atoms with E-state index in [4.69, 9.17) is 5.11 Å². The Kier molecular flexibility index (Phi) is 5.04. The predicted octanol–water partition coefficient (Wildman–Crippen LogP) is 0.254. The lowest BCUT2D eigenvalue weighted by Gasteiger charge is -2.04. The minimum absolute atomic E-state index is 0.0703. The fourth-order valence-electron chi connectivity index (χ4n) is 1.21. The first-order valence-electron chi connectivity index (χ1n) is 5.12. The molecule has 0 aliphatic carbocycles. The molecular formula is C10H15N3O3. The Morgan fingerprint density at radius 2 is 2.19 bits per heavy atom. The molecule has 88 valence electrons. The third-order valence-electron chi connectivity index (χ3n) is 2.05. The number of carbonyl (C=O) groups excluding carboxylic acids is 1. The summed E-state index contributed by atoms with van der Waals surface area (Å²) in [6, 6.07) is 0. The topological polar surface area (TPSA) is 84.2 Å². The summed E-state index contributed by atoms with van der Waals surface area (Å²) in [7, 11) is 0. The molecule has 0 radical (unpaired) electrons. The van der Waals surface area contributed by atoms with Crippen molar-refractivity contribution < 1.29 is 14.7 Å². The summed E-state index contributed by atoms with van der Waals surface area (Å²) in [5.74, 6) is -0.910. The molecule has 2 N–H and O–H groups in total. The van der Waals surface area contributed by atoms with E-state index in [0.29, 0.717) is 25.9 Å². The van der Waals surface area contributed by atoms with Gasteiger partial charge >= 0.3 is 5.97 Å². The first-order valence-corrected chi connectivity index (χ1v) is 5.12. The first kappa shape index (κ1) is 12.2. The van der Waals surface area contributed by atoms with Crippen LogP contribution in [0.4, 0.5) is 0 Å². The van der Waals surface area contributed by atoms with Crippen molar-refractivity contribution in [2.75, 3.05) is 6.54 Å². The van der Waals surface area contributed by atoms with Gasteiger partial charge in [-0.2, -0.15) is 0 Å². The smallest absolute Gasteiger partial charge is 0.303 e. The summed E-state index contributed by atoms with van der Waals surface area (Å²) >= 11 is 0. The van der Waals surface area contributed by atoms with Crippen molar-refractivity contribution in [3.05, 3.63) is 18.7 Å². The molecular weight excluding hydrogens is 210 g/mol. The standard InChI is InChI=1S/C10H15N3O3/c14-9(12-4-1-2-10(15)16)3-6-13-7-5-11-8-13/h5,7-8H,1-4,6H2,(H,12,14)(H,15,16). The minimum Gasteiger partial charge on any atom is -0.481 e. The molecule has 0 spiro atoms. The lowest BCUT2D eigenvalue weighted by Crippen LogP contribution is -2.25. The Balaban J connectivity index is 2.05. The lowest BCUT2D eigenvalue weighted by molar-refractivity contribution is -0.137. The van der Waals surface area contributed by atoms with Crippen molar-refractivity contribution in [2.45, 2.75) is 25.8 Å². The van der Waals surface area contributed by atoms with Crippen LogP contribution in [-0.2, 0) is 16.1 Å². The normalized spacial score (nSPS) is 10.0. The van der Waals surface area contributed by atoms with Crippen molar-refractivity contribution in [2.24, 2.45) is 0 Å². The highest BCUT2D eigenvalue weighted by Gasteiger charge is 2.02. The monoisotopic (exact) mass is 225 g/mol. The Hall–Kier alpha value is -1.85. The highest BCUT2D eigenvalue weighted by molar-refractivity contribution is 5.75. The number of carbonyl (C=O) groups is 2. The van der Waals surface area contributed by atoms with E-state index >= 15 is 0 Å². The summed E-state index contributed by atoms with van der Waals surface area (Å²) in [5.41, 5.74) is 0. The van der Waals surface area contributed by atoms with Crippen LogP contribution in [0.5, 0.6) is 0 Å². The lowest BCUT2D eigenvalue weighted by atomic mass is 10.3. The van der Waals surface area contributed by atoms with Crippen LogP contribution in [0.3, 0.4) is 0 Å². The van der Waals surface area contributed by atoms with Gasteiger partial charge < -0.3 is 15.0 Å². The van der Waals surface area contributed by atoms with Crippen LogP contribution in [-0.4, -0.2) is 33.1 Å². The van der Waals surface area contributed by atoms with E-state index in [2.05, 4.69) is 10.3 Å². The van der Waals surface area contributed by atoms with Crippen LogP contribution in [0.15, 0.2) is 18.7 Å². The third kappa shape index (κ3) is 5.14. The van der Waals surface area contributed by atoms with Gasteiger partial charge in [-0.1, -0.05) is 0 Å². The molecule has 0 fully saturated rings. The molecule has 1 aromatic rings. The highest BCUT2D eigenvalue weighted by Crippen LogP contribution is 1.91. The number of carboxylic acids is 1. The summed E-state index contributed by atoms with van der Waals surface area (Å²) in [5, 5.41) is 11.0. The first-order chi connectivity index (χ1) is 7.68. The Bertz CT molecular complexity index is 335. The van der Waals surface area contributed by atoms with Gasteiger partial charge in [0.05, 0.1) is 6.33 Å². The highest BCUT2D eigenvalue weighted by atomic mass is 16.4. The van der Waals surface area contributed by atoms with E-state index in [1.165, 1.54) is 0 Å². The molecule has 0 saturated carbocycles. The van der Waals surface area contributed by atoms with E-state index in [1.807, 2.05) is 4.57 Å². The number of nitrogens with one attached hydrogen (secondary N) is 1. The Labute approximate surface area is 93.3 Å². The quantitative estimate of drug-likeness (QED) is 0.652. The van der Waals surface area contributed by atoms with Crippen molar-refractivity contribution in [1.82, 2.24) is 14.9 Å². The molecule has 0 bridgehead atoms. The fourth-order valence-corrected chi connectivity index (χ4v) is 1.21. The van der Waals surface area contributed by atoms with Crippen molar-refractivity contribution >= 4 is 11.9 Å². The summed E-state index contributed by atoms with van der Waals surface area (Å²) < 4.78 is 1.82. The van der Waals surface area contributed by atoms with E-state index in [9.17, 15) is 9.59 Å². The number of aryl methyl sites for hydroxylation is 1. The molecule has 0 aromatic carbocycles. The van der Waals surface area contributed by atoms with Gasteiger partial charge in [-0.3, -0.25) is 9.59 Å². The Morgan fingerprint density at radius 1 is 1.38 bits per heavy atom. The van der Waals surface area contributed by atoms with Crippen LogP contribution < -0.4 is 5.32 Å². The van der Waals surface area contributed by atoms with E-state index < -0.39 is 5.97 Å². The zero-order chi connectivity index (χ0) is 11.8. The van der Waals surface area contributed by atoms with E-state index in [-0.39, 0.29) is 12.3 Å². The van der Waals surface area contributed by atoms with Gasteiger partial charge in [0.25, 0.3) is 0 Å². The zero-order valence-corrected chi connectivity index (χ0v) is 8.93. The maximum absolute atomic E-state index is 11.3. The molecule has 0 unspecified atom stereocenters. The second-order valence-corrected chi connectivity index (χ2v) is 3.40. The van der Waals surface area contributed by atoms with Gasteiger partial charge in [0.1, 0.15) is 0 Å². The molecule has 0 saturated heterocycles.